The van der Waals surface area contributed by atoms with Crippen molar-refractivity contribution in [3.63, 3.8) is 0 Å². The molecule has 0 atom stereocenters. The van der Waals surface area contributed by atoms with Crippen LogP contribution in [-0.2, 0) is 24.8 Å². The highest BCUT2D eigenvalue weighted by atomic mass is 35.5. The fraction of sp³-hybridized carbons (Fsp3) is 0.0476. The van der Waals surface area contributed by atoms with E-state index >= 15 is 0 Å². The molecule has 1 heterocycles. The molecule has 4 rings (SSSR count). The van der Waals surface area contributed by atoms with Crippen LogP contribution in [0.2, 0.25) is 10.0 Å². The maximum atomic E-state index is 12.6. The first-order valence-corrected chi connectivity index (χ1v) is 13.2. The molecule has 0 saturated heterocycles. The molecule has 0 unspecified atom stereocenters. The van der Waals surface area contributed by atoms with Crippen molar-refractivity contribution in [1.82, 2.24) is 4.31 Å². The largest absolute Gasteiger partial charge is 0.325 e. The molecule has 2 N–H and O–H groups in total. The minimum absolute atomic E-state index is 0.00262. The van der Waals surface area contributed by atoms with Gasteiger partial charge in [0.25, 0.3) is 26.0 Å². The van der Waals surface area contributed by atoms with Crippen molar-refractivity contribution in [2.75, 3.05) is 16.6 Å². The number of amides is 2. The van der Waals surface area contributed by atoms with Crippen molar-refractivity contribution in [3.05, 3.63) is 82.3 Å². The number of rotatable bonds is 6. The third-order valence-corrected chi connectivity index (χ3v) is 8.83. The van der Waals surface area contributed by atoms with Crippen LogP contribution < -0.4 is 10.0 Å². The van der Waals surface area contributed by atoms with Crippen LogP contribution in [0.3, 0.4) is 0 Å². The molecule has 0 aromatic heterocycles. The molecule has 0 aliphatic carbocycles. The Kier molecular flexibility index (Phi) is 6.30. The smallest absolute Gasteiger partial charge is 0.269 e. The van der Waals surface area contributed by atoms with Gasteiger partial charge in [0, 0.05) is 5.69 Å². The Balaban J connectivity index is 1.45. The van der Waals surface area contributed by atoms with Gasteiger partial charge in [0.15, 0.2) is 0 Å². The number of carbonyl (C=O) groups is 2. The first-order valence-electron chi connectivity index (χ1n) is 9.53. The molecular weight excluding hydrogens is 525 g/mol. The van der Waals surface area contributed by atoms with Crippen LogP contribution in [0.5, 0.6) is 0 Å². The Morgan fingerprint density at radius 2 is 1.62 bits per heavy atom. The van der Waals surface area contributed by atoms with Crippen molar-refractivity contribution < 1.29 is 26.4 Å². The van der Waals surface area contributed by atoms with E-state index in [2.05, 4.69) is 10.0 Å². The molecule has 0 fully saturated rings. The van der Waals surface area contributed by atoms with E-state index in [-0.39, 0.29) is 36.8 Å². The summed E-state index contributed by atoms with van der Waals surface area (Å²) in [5, 5.41) is 2.68. The monoisotopic (exact) mass is 539 g/mol. The van der Waals surface area contributed by atoms with Gasteiger partial charge in [-0.15, -0.1) is 0 Å². The zero-order valence-electron chi connectivity index (χ0n) is 17.0. The van der Waals surface area contributed by atoms with Gasteiger partial charge in [-0.25, -0.2) is 21.1 Å². The Labute approximate surface area is 205 Å². The first-order chi connectivity index (χ1) is 16.0. The van der Waals surface area contributed by atoms with Crippen molar-refractivity contribution in [1.29, 1.82) is 0 Å². The number of fused-ring (bicyclic) bond motifs is 1. The van der Waals surface area contributed by atoms with Gasteiger partial charge in [-0.2, -0.15) is 0 Å². The number of anilines is 2. The Hall–Kier alpha value is -3.12. The molecule has 3 aromatic carbocycles. The molecule has 13 heteroatoms. The number of nitrogens with one attached hydrogen (secondary N) is 2. The fourth-order valence-corrected chi connectivity index (χ4v) is 6.22. The van der Waals surface area contributed by atoms with Crippen LogP contribution >= 0.6 is 23.2 Å². The van der Waals surface area contributed by atoms with Crippen molar-refractivity contribution >= 4 is 66.4 Å². The Morgan fingerprint density at radius 1 is 0.941 bits per heavy atom. The van der Waals surface area contributed by atoms with Crippen LogP contribution in [0.25, 0.3) is 0 Å². The third-order valence-electron chi connectivity index (χ3n) is 4.84. The van der Waals surface area contributed by atoms with E-state index in [9.17, 15) is 26.4 Å². The number of halogens is 2. The highest BCUT2D eigenvalue weighted by Crippen LogP contribution is 2.32. The summed E-state index contributed by atoms with van der Waals surface area (Å²) in [7, 11) is -8.14. The molecule has 2 amide bonds. The van der Waals surface area contributed by atoms with Crippen molar-refractivity contribution in [2.45, 2.75) is 9.79 Å². The summed E-state index contributed by atoms with van der Waals surface area (Å²) >= 11 is 11.9. The van der Waals surface area contributed by atoms with Gasteiger partial charge in [0.1, 0.15) is 11.4 Å². The van der Waals surface area contributed by atoms with E-state index in [1.807, 2.05) is 0 Å². The maximum Gasteiger partial charge on any atom is 0.269 e. The molecule has 0 saturated carbocycles. The minimum Gasteiger partial charge on any atom is -0.325 e. The third kappa shape index (κ3) is 4.47. The number of sulfonamides is 2. The van der Waals surface area contributed by atoms with Crippen molar-refractivity contribution in [3.8, 4) is 0 Å². The molecular formula is C21H15Cl2N3O6S2. The first kappa shape index (κ1) is 24.0. The van der Waals surface area contributed by atoms with Gasteiger partial charge in [-0.1, -0.05) is 41.4 Å². The molecule has 0 bridgehead atoms. The SMILES string of the molecule is O=C(CN1C(=O)c2ccccc2S1(=O)=O)Nc1ccc(S(=O)(=O)Nc2cccc(Cl)c2Cl)cc1. The topological polar surface area (TPSA) is 130 Å². The average Bonchev–Trinajstić information content (AvgIpc) is 2.98. The van der Waals surface area contributed by atoms with Crippen LogP contribution in [0.1, 0.15) is 10.4 Å². The molecule has 1 aliphatic heterocycles. The maximum absolute atomic E-state index is 12.6. The lowest BCUT2D eigenvalue weighted by atomic mass is 10.2. The van der Waals surface area contributed by atoms with Gasteiger partial charge >= 0.3 is 0 Å². The number of nitrogens with zero attached hydrogens (tertiary/aromatic N) is 1. The minimum atomic E-state index is -4.13. The number of hydrogen-bond donors (Lipinski definition) is 2. The standard InChI is InChI=1S/C21H15Cl2N3O6S2/c22-16-5-3-6-17(20(16)23)25-33(29,30)14-10-8-13(9-11-14)24-19(27)12-26-21(28)15-4-1-2-7-18(15)34(26,31)32/h1-11,25H,12H2,(H,24,27). The second-order valence-electron chi connectivity index (χ2n) is 7.09. The Morgan fingerprint density at radius 3 is 2.29 bits per heavy atom. The predicted molar refractivity (Wildman–Crippen MR) is 127 cm³/mol. The average molecular weight is 540 g/mol. The Bertz CT molecular complexity index is 1520. The fourth-order valence-electron chi connectivity index (χ4n) is 3.22. The van der Waals surface area contributed by atoms with E-state index in [0.717, 1.165) is 0 Å². The molecule has 1 aliphatic rings. The summed E-state index contributed by atoms with van der Waals surface area (Å²) in [5.74, 6) is -1.57. The zero-order chi connectivity index (χ0) is 24.7. The summed E-state index contributed by atoms with van der Waals surface area (Å²) in [6.07, 6.45) is 0. The number of hydrogen-bond acceptors (Lipinski definition) is 6. The quantitative estimate of drug-likeness (QED) is 0.492. The molecule has 3 aromatic rings. The van der Waals surface area contributed by atoms with E-state index in [4.69, 9.17) is 23.2 Å². The predicted octanol–water partition coefficient (Wildman–Crippen LogP) is 3.58. The highest BCUT2D eigenvalue weighted by Gasteiger charge is 2.41. The summed E-state index contributed by atoms with van der Waals surface area (Å²) < 4.78 is 53.2. The van der Waals surface area contributed by atoms with Gasteiger partial charge in [0.2, 0.25) is 5.91 Å². The van der Waals surface area contributed by atoms with Gasteiger partial charge in [-0.3, -0.25) is 14.3 Å². The highest BCUT2D eigenvalue weighted by molar-refractivity contribution is 7.92. The van der Waals surface area contributed by atoms with Gasteiger partial charge in [-0.05, 0) is 48.5 Å². The van der Waals surface area contributed by atoms with E-state index in [1.165, 1.54) is 66.7 Å². The lowest BCUT2D eigenvalue weighted by Crippen LogP contribution is -2.37. The number of benzene rings is 3. The molecule has 34 heavy (non-hydrogen) atoms. The normalized spacial score (nSPS) is 14.5. The summed E-state index contributed by atoms with van der Waals surface area (Å²) in [5.41, 5.74) is 0.299. The zero-order valence-corrected chi connectivity index (χ0v) is 20.2. The van der Waals surface area contributed by atoms with Crippen LogP contribution in [0.15, 0.2) is 76.5 Å². The van der Waals surface area contributed by atoms with Gasteiger partial charge in [0.05, 0.1) is 26.2 Å². The van der Waals surface area contributed by atoms with Crippen LogP contribution in [0.4, 0.5) is 11.4 Å². The summed E-state index contributed by atoms with van der Waals surface area (Å²) in [6.45, 7) is -0.731. The summed E-state index contributed by atoms with van der Waals surface area (Å²) in [4.78, 5) is 24.6. The van der Waals surface area contributed by atoms with Crippen molar-refractivity contribution in [2.24, 2.45) is 0 Å². The lowest BCUT2D eigenvalue weighted by molar-refractivity contribution is -0.116. The van der Waals surface area contributed by atoms with Gasteiger partial charge < -0.3 is 5.32 Å². The van der Waals surface area contributed by atoms with Crippen LogP contribution in [-0.4, -0.2) is 39.5 Å². The molecule has 176 valence electrons. The van der Waals surface area contributed by atoms with Crippen LogP contribution in [0, 0.1) is 0 Å². The van der Waals surface area contributed by atoms with E-state index in [1.54, 1.807) is 0 Å². The number of carbonyl (C=O) groups excluding carboxylic acids is 2. The second kappa shape index (κ2) is 8.91. The molecule has 0 spiro atoms. The second-order valence-corrected chi connectivity index (χ2v) is 11.4. The molecule has 9 nitrogen and oxygen atoms in total. The lowest BCUT2D eigenvalue weighted by Gasteiger charge is -2.15. The molecule has 0 radical (unpaired) electrons. The van der Waals surface area contributed by atoms with E-state index in [0.29, 0.717) is 4.31 Å². The van der Waals surface area contributed by atoms with E-state index < -0.39 is 38.4 Å². The summed E-state index contributed by atoms with van der Waals surface area (Å²) in [6, 6.07) is 15.3.